The summed E-state index contributed by atoms with van der Waals surface area (Å²) in [4.78, 5) is 0. The van der Waals surface area contributed by atoms with E-state index in [-0.39, 0.29) is 0 Å². The van der Waals surface area contributed by atoms with E-state index in [2.05, 4.69) is 0 Å². The lowest BCUT2D eigenvalue weighted by Crippen LogP contribution is -1.92. The van der Waals surface area contributed by atoms with Crippen molar-refractivity contribution in [1.29, 1.82) is 0 Å². The predicted octanol–water partition coefficient (Wildman–Crippen LogP) is 4.76. The first-order valence-corrected chi connectivity index (χ1v) is 5.24. The van der Waals surface area contributed by atoms with E-state index in [4.69, 9.17) is 58.6 Å². The van der Waals surface area contributed by atoms with E-state index in [1.54, 1.807) is 12.1 Å². The second-order valence-electron chi connectivity index (χ2n) is 2.39. The Kier molecular flexibility index (Phi) is 4.27. The van der Waals surface area contributed by atoms with Gasteiger partial charge in [0.25, 0.3) is 0 Å². The lowest BCUT2D eigenvalue weighted by atomic mass is 10.2. The van der Waals surface area contributed by atoms with Crippen LogP contribution in [0.15, 0.2) is 12.1 Å². The Hall–Kier alpha value is 0.470. The molecule has 0 atom stereocenters. The van der Waals surface area contributed by atoms with E-state index in [1.165, 1.54) is 0 Å². The smallest absolute Gasteiger partial charge is 0.0840 e. The summed E-state index contributed by atoms with van der Waals surface area (Å²) in [5.74, 6) is 0. The van der Waals surface area contributed by atoms with Crippen molar-refractivity contribution in [3.05, 3.63) is 32.8 Å². The third-order valence-electron chi connectivity index (χ3n) is 1.42. The molecule has 0 amide bonds. The molecule has 1 aromatic carbocycles. The van der Waals surface area contributed by atoms with Gasteiger partial charge in [0.15, 0.2) is 0 Å². The third kappa shape index (κ3) is 3.26. The Morgan fingerprint density at radius 2 is 1.62 bits per heavy atom. The molecule has 0 fully saturated rings. The molecule has 5 heteroatoms. The highest BCUT2D eigenvalue weighted by molar-refractivity contribution is 7.83. The average Bonchev–Trinajstić information content (AvgIpc) is 1.99. The maximum Gasteiger partial charge on any atom is 0.0852 e. The molecule has 1 rings (SSSR count). The molecule has 0 unspecified atom stereocenters. The summed E-state index contributed by atoms with van der Waals surface area (Å²) in [5.41, 5.74) is 0.788. The zero-order valence-corrected chi connectivity index (χ0v) is 10.1. The van der Waals surface area contributed by atoms with E-state index < -0.39 is 0 Å². The molecule has 0 aromatic heterocycles. The van der Waals surface area contributed by atoms with Crippen LogP contribution in [0.1, 0.15) is 5.56 Å². The van der Waals surface area contributed by atoms with Crippen LogP contribution in [0.3, 0.4) is 0 Å². The van der Waals surface area contributed by atoms with Crippen molar-refractivity contribution in [1.82, 2.24) is 0 Å². The average molecular weight is 274 g/mol. The summed E-state index contributed by atoms with van der Waals surface area (Å²) in [6.45, 7) is 0. The van der Waals surface area contributed by atoms with E-state index in [0.717, 1.165) is 5.56 Å². The third-order valence-corrected chi connectivity index (χ3v) is 2.77. The van der Waals surface area contributed by atoms with Gasteiger partial charge < -0.3 is 0 Å². The molecular weight excluding hydrogens is 270 g/mol. The van der Waals surface area contributed by atoms with E-state index in [9.17, 15) is 0 Å². The monoisotopic (exact) mass is 272 g/mol. The standard InChI is InChI=1S/C8H4Cl4S/c9-5-3-7(11)6(10)1-4(5)2-8(12)13/h1,3H,2H2. The number of hydrogen-bond acceptors (Lipinski definition) is 1. The topological polar surface area (TPSA) is 0 Å². The van der Waals surface area contributed by atoms with Crippen LogP contribution in [0.4, 0.5) is 0 Å². The Morgan fingerprint density at radius 1 is 1.08 bits per heavy atom. The summed E-state index contributed by atoms with van der Waals surface area (Å²) < 4.78 is 0.347. The maximum atomic E-state index is 5.88. The van der Waals surface area contributed by atoms with Gasteiger partial charge in [-0.15, -0.1) is 0 Å². The molecule has 0 nitrogen and oxygen atoms in total. The Labute approximate surface area is 102 Å². The van der Waals surface area contributed by atoms with Crippen LogP contribution in [0.2, 0.25) is 15.1 Å². The predicted molar refractivity (Wildman–Crippen MR) is 63.6 cm³/mol. The molecule has 0 N–H and O–H groups in total. The van der Waals surface area contributed by atoms with Crippen molar-refractivity contribution in [2.45, 2.75) is 6.42 Å². The first-order valence-electron chi connectivity index (χ1n) is 3.32. The van der Waals surface area contributed by atoms with Crippen molar-refractivity contribution in [2.75, 3.05) is 0 Å². The van der Waals surface area contributed by atoms with Crippen LogP contribution in [0.25, 0.3) is 0 Å². The fourth-order valence-corrected chi connectivity index (χ4v) is 1.78. The van der Waals surface area contributed by atoms with Crippen LogP contribution in [-0.4, -0.2) is 4.32 Å². The number of thiocarbonyl (C=S) groups is 1. The van der Waals surface area contributed by atoms with Crippen molar-refractivity contribution in [2.24, 2.45) is 0 Å². The summed E-state index contributed by atoms with van der Waals surface area (Å²) >= 11 is 27.7. The summed E-state index contributed by atoms with van der Waals surface area (Å²) in [5, 5.41) is 1.40. The largest absolute Gasteiger partial charge is 0.0852 e. The molecule has 70 valence electrons. The van der Waals surface area contributed by atoms with Gasteiger partial charge in [-0.1, -0.05) is 58.6 Å². The van der Waals surface area contributed by atoms with Crippen LogP contribution in [0.5, 0.6) is 0 Å². The number of rotatable bonds is 2. The van der Waals surface area contributed by atoms with Crippen LogP contribution in [-0.2, 0) is 6.42 Å². The Morgan fingerprint density at radius 3 is 2.15 bits per heavy atom. The molecule has 1 aromatic rings. The fraction of sp³-hybridized carbons (Fsp3) is 0.125. The Bertz CT molecular complexity index is 348. The van der Waals surface area contributed by atoms with E-state index in [1.807, 2.05) is 0 Å². The van der Waals surface area contributed by atoms with Gasteiger partial charge in [0.1, 0.15) is 0 Å². The molecule has 0 radical (unpaired) electrons. The zero-order valence-electron chi connectivity index (χ0n) is 6.28. The van der Waals surface area contributed by atoms with Gasteiger partial charge in [0, 0.05) is 11.4 Å². The van der Waals surface area contributed by atoms with Crippen LogP contribution < -0.4 is 0 Å². The van der Waals surface area contributed by atoms with Crippen molar-refractivity contribution < 1.29 is 0 Å². The fourth-order valence-electron chi connectivity index (χ4n) is 0.849. The molecule has 0 saturated heterocycles. The highest BCUT2D eigenvalue weighted by atomic mass is 35.5. The summed E-state index contributed by atoms with van der Waals surface area (Å²) in [7, 11) is 0. The van der Waals surface area contributed by atoms with Gasteiger partial charge in [0.05, 0.1) is 14.4 Å². The molecule has 0 bridgehead atoms. The zero-order chi connectivity index (χ0) is 10.0. The van der Waals surface area contributed by atoms with E-state index >= 15 is 0 Å². The summed E-state index contributed by atoms with van der Waals surface area (Å²) in [6, 6.07) is 3.25. The van der Waals surface area contributed by atoms with Gasteiger partial charge >= 0.3 is 0 Å². The van der Waals surface area contributed by atoms with Crippen molar-refractivity contribution in [3.8, 4) is 0 Å². The Balaban J connectivity index is 3.08. The number of halogens is 4. The van der Waals surface area contributed by atoms with Crippen molar-refractivity contribution in [3.63, 3.8) is 0 Å². The molecule has 0 heterocycles. The maximum absolute atomic E-state index is 5.88. The summed E-state index contributed by atoms with van der Waals surface area (Å²) in [6.07, 6.45) is 0.423. The van der Waals surface area contributed by atoms with E-state index in [0.29, 0.717) is 25.8 Å². The molecule has 0 saturated carbocycles. The minimum Gasteiger partial charge on any atom is -0.0840 e. The SMILES string of the molecule is S=C(Cl)Cc1cc(Cl)c(Cl)cc1Cl. The highest BCUT2D eigenvalue weighted by Gasteiger charge is 2.06. The molecular formula is C8H4Cl4S. The molecule has 0 aliphatic carbocycles. The van der Waals surface area contributed by atoms with Crippen LogP contribution in [0, 0.1) is 0 Å². The molecule has 0 spiro atoms. The molecule has 0 aliphatic rings. The lowest BCUT2D eigenvalue weighted by Gasteiger charge is -2.04. The number of hydrogen-bond donors (Lipinski definition) is 0. The van der Waals surface area contributed by atoms with Gasteiger partial charge in [-0.3, -0.25) is 0 Å². The second kappa shape index (κ2) is 4.81. The highest BCUT2D eigenvalue weighted by Crippen LogP contribution is 2.29. The first kappa shape index (κ1) is 11.5. The van der Waals surface area contributed by atoms with Crippen molar-refractivity contribution >= 4 is 62.9 Å². The molecule has 13 heavy (non-hydrogen) atoms. The van der Waals surface area contributed by atoms with Gasteiger partial charge in [0.2, 0.25) is 0 Å². The van der Waals surface area contributed by atoms with Crippen LogP contribution >= 0.6 is 58.6 Å². The van der Waals surface area contributed by atoms with Gasteiger partial charge in [-0.25, -0.2) is 0 Å². The van der Waals surface area contributed by atoms with Gasteiger partial charge in [-0.05, 0) is 17.7 Å². The lowest BCUT2D eigenvalue weighted by molar-refractivity contribution is 1.37. The molecule has 0 aliphatic heterocycles. The van der Waals surface area contributed by atoms with Gasteiger partial charge in [-0.2, -0.15) is 0 Å². The number of benzene rings is 1. The second-order valence-corrected chi connectivity index (χ2v) is 4.78. The minimum atomic E-state index is 0.347. The minimum absolute atomic E-state index is 0.347. The quantitative estimate of drug-likeness (QED) is 0.426. The normalized spacial score (nSPS) is 10.2. The first-order chi connectivity index (χ1) is 6.00.